The number of aromatic hydroxyl groups is 1. The summed E-state index contributed by atoms with van der Waals surface area (Å²) in [6, 6.07) is 11.2. The molecule has 0 atom stereocenters. The van der Waals surface area contributed by atoms with Crippen LogP contribution in [0.3, 0.4) is 0 Å². The molecular weight excluding hydrogens is 803 g/mol. The first kappa shape index (κ1) is 46.6. The molecule has 2 aliphatic carbocycles. The summed E-state index contributed by atoms with van der Waals surface area (Å²) in [5.41, 5.74) is 8.46. The first-order valence-electron chi connectivity index (χ1n) is 16.4. The van der Waals surface area contributed by atoms with Crippen molar-refractivity contribution in [3.63, 3.8) is 0 Å². The minimum atomic E-state index is 0.129. The number of phenols is 1. The van der Waals surface area contributed by atoms with Crippen molar-refractivity contribution in [3.8, 4) is 11.5 Å². The number of aldehydes is 1. The second-order valence-corrected chi connectivity index (χ2v) is 16.6. The maximum Gasteiger partial charge on any atom is 0.569 e. The second-order valence-electron chi connectivity index (χ2n) is 14.2. The van der Waals surface area contributed by atoms with Gasteiger partial charge in [-0.15, -0.1) is 0 Å². The van der Waals surface area contributed by atoms with Crippen molar-refractivity contribution in [1.29, 1.82) is 0 Å². The van der Waals surface area contributed by atoms with E-state index in [0.717, 1.165) is 44.5 Å². The molecule has 1 radical (unpaired) electrons. The van der Waals surface area contributed by atoms with Crippen LogP contribution in [0.5, 0.6) is 11.5 Å². The zero-order valence-electron chi connectivity index (χ0n) is 30.5. The molecule has 0 fully saturated rings. The molecule has 2 aromatic carbocycles. The van der Waals surface area contributed by atoms with E-state index in [9.17, 15) is 9.90 Å². The lowest BCUT2D eigenvalue weighted by molar-refractivity contribution is -0.176. The van der Waals surface area contributed by atoms with E-state index in [1.807, 2.05) is 18.2 Å². The molecule has 0 spiro atoms. The van der Waals surface area contributed by atoms with Crippen LogP contribution in [-0.4, -0.2) is 39.9 Å². The van der Waals surface area contributed by atoms with Crippen LogP contribution in [-0.2, 0) is 4.79 Å². The lowest BCUT2D eigenvalue weighted by Gasteiger charge is -2.33. The van der Waals surface area contributed by atoms with Crippen LogP contribution in [0, 0.1) is 10.8 Å². The molecule has 2 aromatic rings. The summed E-state index contributed by atoms with van der Waals surface area (Å²) in [5, 5.41) is 30.8. The van der Waals surface area contributed by atoms with Crippen LogP contribution in [0.4, 0.5) is 0 Å². The Morgan fingerprint density at radius 3 is 1.67 bits per heavy atom. The minimum absolute atomic E-state index is 0.129. The molecule has 2 aliphatic rings. The molecule has 6 nitrogen and oxygen atoms in total. The molecule has 0 saturated carbocycles. The predicted molar refractivity (Wildman–Crippen MR) is 213 cm³/mol. The molecule has 4 N–H and O–H groups in total. The minimum Gasteiger partial charge on any atom is -0.537 e. The van der Waals surface area contributed by atoms with Crippen molar-refractivity contribution >= 4 is 61.8 Å². The third kappa shape index (κ3) is 16.5. The van der Waals surface area contributed by atoms with Gasteiger partial charge in [-0.3, -0.25) is 15.3 Å². The van der Waals surface area contributed by atoms with E-state index in [1.165, 1.54) is 36.8 Å². The number of benzene rings is 2. The molecule has 0 bridgehead atoms. The fourth-order valence-electron chi connectivity index (χ4n) is 5.85. The Balaban J connectivity index is 0.000000604. The second kappa shape index (κ2) is 23.1. The summed E-state index contributed by atoms with van der Waals surface area (Å²) >= 11 is 10.3. The van der Waals surface area contributed by atoms with E-state index < -0.39 is 0 Å². The number of hydrogen-bond donors (Lipinski definition) is 4. The van der Waals surface area contributed by atoms with E-state index in [2.05, 4.69) is 117 Å². The summed E-state index contributed by atoms with van der Waals surface area (Å²) in [4.78, 5) is 10.7. The van der Waals surface area contributed by atoms with Gasteiger partial charge in [-0.2, -0.15) is 0 Å². The lowest BCUT2D eigenvalue weighted by Crippen LogP contribution is -2.21. The van der Waals surface area contributed by atoms with Gasteiger partial charge in [-0.1, -0.05) is 120 Å². The SMILES string of the molecule is CC(C)c1cc(Br)cc(O[B]O)c1.CC(C)c1cc(O)cc(Br)c1.CC1=C(C=O)C(C)(C)CCC1.CC1=C(CBr)C(C)(C)CCC1.OO. The zero-order valence-corrected chi connectivity index (χ0v) is 35.2. The Labute approximate surface area is 316 Å². The third-order valence-electron chi connectivity index (χ3n) is 8.80. The molecule has 0 aliphatic heterocycles. The molecule has 269 valence electrons. The summed E-state index contributed by atoms with van der Waals surface area (Å²) in [6.07, 6.45) is 8.56. The molecule has 0 aromatic heterocycles. The first-order valence-corrected chi connectivity index (χ1v) is 19.1. The smallest absolute Gasteiger partial charge is 0.537 e. The average Bonchev–Trinajstić information content (AvgIpc) is 2.98. The van der Waals surface area contributed by atoms with Gasteiger partial charge in [0.25, 0.3) is 0 Å². The van der Waals surface area contributed by atoms with Crippen LogP contribution in [0.15, 0.2) is 67.6 Å². The topological polar surface area (TPSA) is 107 Å². The van der Waals surface area contributed by atoms with Gasteiger partial charge in [0.05, 0.1) is 0 Å². The lowest BCUT2D eigenvalue weighted by atomic mass is 9.73. The molecule has 0 unspecified atom stereocenters. The summed E-state index contributed by atoms with van der Waals surface area (Å²) in [7, 11) is 0.686. The van der Waals surface area contributed by atoms with Gasteiger partial charge >= 0.3 is 7.69 Å². The normalized spacial score (nSPS) is 16.2. The van der Waals surface area contributed by atoms with Crippen molar-refractivity contribution in [1.82, 2.24) is 0 Å². The number of allylic oxidation sites excluding steroid dienone is 4. The Hall–Kier alpha value is -1.43. The number of carbonyl (C=O) groups excluding carboxylic acids is 1. The number of carbonyl (C=O) groups is 1. The van der Waals surface area contributed by atoms with Crippen molar-refractivity contribution in [2.75, 3.05) is 5.33 Å². The van der Waals surface area contributed by atoms with Gasteiger partial charge in [0.1, 0.15) is 17.8 Å². The molecule has 0 heterocycles. The quantitative estimate of drug-likeness (QED) is 0.0576. The Kier molecular flexibility index (Phi) is 22.4. The van der Waals surface area contributed by atoms with E-state index in [4.69, 9.17) is 20.2 Å². The highest BCUT2D eigenvalue weighted by Crippen LogP contribution is 2.41. The third-order valence-corrected chi connectivity index (χ3v) is 10.3. The number of rotatable bonds is 6. The van der Waals surface area contributed by atoms with Crippen LogP contribution in [0.25, 0.3) is 0 Å². The van der Waals surface area contributed by atoms with Crippen LogP contribution >= 0.6 is 47.8 Å². The molecule has 4 rings (SSSR count). The van der Waals surface area contributed by atoms with Crippen molar-refractivity contribution in [2.24, 2.45) is 10.8 Å². The molecular formula is C38H57BBr3O6. The Bertz CT molecular complexity index is 1320. The summed E-state index contributed by atoms with van der Waals surface area (Å²) in [6.45, 7) is 21.8. The largest absolute Gasteiger partial charge is 0.569 e. The van der Waals surface area contributed by atoms with Crippen molar-refractivity contribution in [2.45, 2.75) is 120 Å². The number of phenolic OH excluding ortho intramolecular Hbond substituents is 1. The Morgan fingerprint density at radius 2 is 1.29 bits per heavy atom. The molecule has 0 saturated heterocycles. The van der Waals surface area contributed by atoms with E-state index in [-0.39, 0.29) is 5.41 Å². The van der Waals surface area contributed by atoms with Crippen LogP contribution in [0.1, 0.15) is 131 Å². The predicted octanol–water partition coefficient (Wildman–Crippen LogP) is 12.4. The standard InChI is InChI=1S/C10H17Br.C10H16O.C9H11BBrO2.C9H11BrO.H2O2/c2*1-8-5-4-6-10(2,3)9(8)7-11;1-6(2)7-3-8(11)5-9(4-7)13-10-12;1-6(2)7-3-8(10)5-9(11)4-7;1-2/h4-7H2,1-3H3;7H,4-6H2,1-3H3;3-6,12H,1-2H3;3-6,11H,1-2H3;1-2H. The zero-order chi connectivity index (χ0) is 37.2. The highest BCUT2D eigenvalue weighted by Gasteiger charge is 2.28. The maximum absolute atomic E-state index is 10.7. The average molecular weight is 860 g/mol. The number of alkyl halides is 1. The van der Waals surface area contributed by atoms with Gasteiger partial charge in [-0.05, 0) is 128 Å². The van der Waals surface area contributed by atoms with Gasteiger partial charge in [0.15, 0.2) is 0 Å². The van der Waals surface area contributed by atoms with E-state index in [1.54, 1.807) is 29.3 Å². The number of hydrogen-bond acceptors (Lipinski definition) is 6. The van der Waals surface area contributed by atoms with Gasteiger partial charge in [0, 0.05) is 14.3 Å². The first-order chi connectivity index (χ1) is 22.4. The van der Waals surface area contributed by atoms with Gasteiger partial charge < -0.3 is 14.8 Å². The van der Waals surface area contributed by atoms with Crippen molar-refractivity contribution < 1.29 is 30.1 Å². The van der Waals surface area contributed by atoms with E-state index >= 15 is 0 Å². The fourth-order valence-corrected chi connectivity index (χ4v) is 8.08. The van der Waals surface area contributed by atoms with Crippen LogP contribution < -0.4 is 4.65 Å². The molecule has 0 amide bonds. The van der Waals surface area contributed by atoms with Crippen LogP contribution in [0.2, 0.25) is 0 Å². The maximum atomic E-state index is 10.7. The van der Waals surface area contributed by atoms with Gasteiger partial charge in [0.2, 0.25) is 0 Å². The van der Waals surface area contributed by atoms with Crippen molar-refractivity contribution in [3.05, 3.63) is 78.8 Å². The van der Waals surface area contributed by atoms with Gasteiger partial charge in [-0.25, -0.2) is 0 Å². The number of halogens is 3. The summed E-state index contributed by atoms with van der Waals surface area (Å²) < 4.78 is 6.76. The molecule has 10 heteroatoms. The fraction of sp³-hybridized carbons (Fsp3) is 0.553. The Morgan fingerprint density at radius 1 is 0.812 bits per heavy atom. The monoisotopic (exact) mass is 857 g/mol. The van der Waals surface area contributed by atoms with E-state index in [0.29, 0.717) is 36.4 Å². The highest BCUT2D eigenvalue weighted by atomic mass is 79.9. The molecule has 48 heavy (non-hydrogen) atoms. The summed E-state index contributed by atoms with van der Waals surface area (Å²) in [5.74, 6) is 1.86. The highest BCUT2D eigenvalue weighted by molar-refractivity contribution is 9.10.